The Balaban J connectivity index is 1.43. The van der Waals surface area contributed by atoms with Crippen LogP contribution in [0.3, 0.4) is 0 Å². The molecule has 0 bridgehead atoms. The van der Waals surface area contributed by atoms with Crippen LogP contribution in [0.25, 0.3) is 11.0 Å². The number of aromatic nitrogens is 2. The SMILES string of the molecule is Cc1ccc(Cn2c(CNC(=O)CNC(=O)c3ccccc3)nc3ccccc32)cc1. The zero-order valence-corrected chi connectivity index (χ0v) is 17.3. The maximum absolute atomic E-state index is 12.3. The molecule has 0 aliphatic heterocycles. The van der Waals surface area contributed by atoms with Gasteiger partial charge in [0.1, 0.15) is 5.82 Å². The minimum absolute atomic E-state index is 0.0914. The van der Waals surface area contributed by atoms with E-state index in [1.54, 1.807) is 24.3 Å². The van der Waals surface area contributed by atoms with Gasteiger partial charge in [0.25, 0.3) is 5.91 Å². The van der Waals surface area contributed by atoms with Crippen molar-refractivity contribution in [3.05, 3.63) is 101 Å². The van der Waals surface area contributed by atoms with Crippen LogP contribution in [0.2, 0.25) is 0 Å². The highest BCUT2D eigenvalue weighted by atomic mass is 16.2. The van der Waals surface area contributed by atoms with Gasteiger partial charge in [0.05, 0.1) is 24.1 Å². The van der Waals surface area contributed by atoms with Crippen molar-refractivity contribution in [2.24, 2.45) is 0 Å². The molecule has 4 aromatic rings. The highest BCUT2D eigenvalue weighted by molar-refractivity contribution is 5.96. The Morgan fingerprint density at radius 3 is 2.35 bits per heavy atom. The first kappa shape index (κ1) is 20.3. The normalized spacial score (nSPS) is 10.7. The molecule has 0 atom stereocenters. The van der Waals surface area contributed by atoms with Crippen molar-refractivity contribution in [3.63, 3.8) is 0 Å². The van der Waals surface area contributed by atoms with Crippen molar-refractivity contribution in [3.8, 4) is 0 Å². The van der Waals surface area contributed by atoms with Crippen LogP contribution in [0.5, 0.6) is 0 Å². The van der Waals surface area contributed by atoms with Gasteiger partial charge < -0.3 is 15.2 Å². The first-order valence-corrected chi connectivity index (χ1v) is 10.2. The number of carbonyl (C=O) groups excluding carboxylic acids is 2. The Labute approximate surface area is 180 Å². The van der Waals surface area contributed by atoms with Crippen LogP contribution < -0.4 is 10.6 Å². The van der Waals surface area contributed by atoms with E-state index in [1.165, 1.54) is 5.56 Å². The zero-order valence-electron chi connectivity index (χ0n) is 17.3. The number of carbonyl (C=O) groups is 2. The molecular formula is C25H24N4O2. The summed E-state index contributed by atoms with van der Waals surface area (Å²) < 4.78 is 2.11. The van der Waals surface area contributed by atoms with Gasteiger partial charge >= 0.3 is 0 Å². The summed E-state index contributed by atoms with van der Waals surface area (Å²) in [6.45, 7) is 2.91. The summed E-state index contributed by atoms with van der Waals surface area (Å²) in [6, 6.07) is 25.1. The van der Waals surface area contributed by atoms with Crippen LogP contribution >= 0.6 is 0 Å². The smallest absolute Gasteiger partial charge is 0.251 e. The van der Waals surface area contributed by atoms with E-state index in [-0.39, 0.29) is 24.9 Å². The Bertz CT molecular complexity index is 1200. The van der Waals surface area contributed by atoms with E-state index in [4.69, 9.17) is 4.98 Å². The first-order valence-electron chi connectivity index (χ1n) is 10.2. The molecule has 2 N–H and O–H groups in total. The molecule has 0 aliphatic rings. The van der Waals surface area contributed by atoms with Gasteiger partial charge in [0, 0.05) is 12.1 Å². The van der Waals surface area contributed by atoms with E-state index in [0.717, 1.165) is 22.4 Å². The largest absolute Gasteiger partial charge is 0.347 e. The predicted molar refractivity (Wildman–Crippen MR) is 121 cm³/mol. The molecule has 2 amide bonds. The fourth-order valence-electron chi connectivity index (χ4n) is 3.41. The number of nitrogens with zero attached hydrogens (tertiary/aromatic N) is 2. The van der Waals surface area contributed by atoms with Gasteiger partial charge in [0.2, 0.25) is 5.91 Å². The summed E-state index contributed by atoms with van der Waals surface area (Å²) in [5.41, 5.74) is 4.80. The number of aryl methyl sites for hydroxylation is 1. The second-order valence-electron chi connectivity index (χ2n) is 7.41. The van der Waals surface area contributed by atoms with E-state index in [9.17, 15) is 9.59 Å². The molecule has 1 heterocycles. The lowest BCUT2D eigenvalue weighted by atomic mass is 10.1. The quantitative estimate of drug-likeness (QED) is 0.488. The van der Waals surface area contributed by atoms with Crippen molar-refractivity contribution >= 4 is 22.8 Å². The lowest BCUT2D eigenvalue weighted by molar-refractivity contribution is -0.120. The molecule has 0 unspecified atom stereocenters. The van der Waals surface area contributed by atoms with E-state index >= 15 is 0 Å². The highest BCUT2D eigenvalue weighted by Crippen LogP contribution is 2.18. The standard InChI is InChI=1S/C25H24N4O2/c1-18-11-13-19(14-12-18)17-29-22-10-6-5-9-21(22)28-23(29)15-26-24(30)16-27-25(31)20-7-3-2-4-8-20/h2-14H,15-17H2,1H3,(H,26,30)(H,27,31). The van der Waals surface area contributed by atoms with Crippen molar-refractivity contribution in [1.29, 1.82) is 0 Å². The molecule has 0 spiro atoms. The van der Waals surface area contributed by atoms with Crippen LogP contribution in [0.15, 0.2) is 78.9 Å². The maximum Gasteiger partial charge on any atom is 0.251 e. The minimum Gasteiger partial charge on any atom is -0.347 e. The zero-order chi connectivity index (χ0) is 21.6. The fourth-order valence-corrected chi connectivity index (χ4v) is 3.41. The van der Waals surface area contributed by atoms with E-state index in [0.29, 0.717) is 12.1 Å². The molecule has 0 radical (unpaired) electrons. The van der Waals surface area contributed by atoms with Gasteiger partial charge in [-0.2, -0.15) is 0 Å². The summed E-state index contributed by atoms with van der Waals surface area (Å²) in [6.07, 6.45) is 0. The van der Waals surface area contributed by atoms with Crippen molar-refractivity contribution in [2.45, 2.75) is 20.0 Å². The molecule has 0 saturated heterocycles. The second-order valence-corrected chi connectivity index (χ2v) is 7.41. The second kappa shape index (κ2) is 9.26. The third-order valence-corrected chi connectivity index (χ3v) is 5.08. The number of hydrogen-bond donors (Lipinski definition) is 2. The van der Waals surface area contributed by atoms with Crippen LogP contribution in [-0.4, -0.2) is 27.9 Å². The molecule has 31 heavy (non-hydrogen) atoms. The third-order valence-electron chi connectivity index (χ3n) is 5.08. The molecule has 0 fully saturated rings. The Hall–Kier alpha value is -3.93. The van der Waals surface area contributed by atoms with Crippen molar-refractivity contribution in [2.75, 3.05) is 6.54 Å². The molecule has 0 aliphatic carbocycles. The molecule has 4 rings (SSSR count). The summed E-state index contributed by atoms with van der Waals surface area (Å²) in [5, 5.41) is 5.51. The van der Waals surface area contributed by atoms with E-state index < -0.39 is 0 Å². The van der Waals surface area contributed by atoms with Gasteiger partial charge in [-0.25, -0.2) is 4.98 Å². The Morgan fingerprint density at radius 1 is 0.871 bits per heavy atom. The number of amides is 2. The van der Waals surface area contributed by atoms with Crippen molar-refractivity contribution < 1.29 is 9.59 Å². The van der Waals surface area contributed by atoms with Gasteiger partial charge in [-0.05, 0) is 36.8 Å². The molecular weight excluding hydrogens is 388 g/mol. The molecule has 6 heteroatoms. The molecule has 3 aromatic carbocycles. The topological polar surface area (TPSA) is 76.0 Å². The lowest BCUT2D eigenvalue weighted by Gasteiger charge is -2.11. The van der Waals surface area contributed by atoms with Crippen LogP contribution in [0, 0.1) is 6.92 Å². The first-order chi connectivity index (χ1) is 15.1. The molecule has 0 saturated carbocycles. The summed E-state index contributed by atoms with van der Waals surface area (Å²) in [4.78, 5) is 29.1. The monoisotopic (exact) mass is 412 g/mol. The van der Waals surface area contributed by atoms with Gasteiger partial charge in [-0.1, -0.05) is 60.2 Å². The maximum atomic E-state index is 12.3. The number of imidazole rings is 1. The van der Waals surface area contributed by atoms with Gasteiger partial charge in [0.15, 0.2) is 0 Å². The fraction of sp³-hybridized carbons (Fsp3) is 0.160. The molecule has 6 nitrogen and oxygen atoms in total. The average molecular weight is 412 g/mol. The number of para-hydroxylation sites is 2. The van der Waals surface area contributed by atoms with Crippen molar-refractivity contribution in [1.82, 2.24) is 20.2 Å². The van der Waals surface area contributed by atoms with Gasteiger partial charge in [-0.3, -0.25) is 9.59 Å². The van der Waals surface area contributed by atoms with Crippen LogP contribution in [-0.2, 0) is 17.9 Å². The number of nitrogens with one attached hydrogen (secondary N) is 2. The average Bonchev–Trinajstić information content (AvgIpc) is 3.15. The molecule has 1 aromatic heterocycles. The summed E-state index contributed by atoms with van der Waals surface area (Å²) >= 11 is 0. The number of fused-ring (bicyclic) bond motifs is 1. The number of rotatable bonds is 7. The summed E-state index contributed by atoms with van der Waals surface area (Å²) in [7, 11) is 0. The lowest BCUT2D eigenvalue weighted by Crippen LogP contribution is -2.37. The third kappa shape index (κ3) is 4.98. The van der Waals surface area contributed by atoms with Crippen LogP contribution in [0.4, 0.5) is 0 Å². The highest BCUT2D eigenvalue weighted by Gasteiger charge is 2.13. The number of hydrogen-bond acceptors (Lipinski definition) is 3. The van der Waals surface area contributed by atoms with E-state index in [2.05, 4.69) is 46.4 Å². The van der Waals surface area contributed by atoms with E-state index in [1.807, 2.05) is 30.3 Å². The Kier molecular flexibility index (Phi) is 6.08. The minimum atomic E-state index is -0.276. The van der Waals surface area contributed by atoms with Crippen LogP contribution in [0.1, 0.15) is 27.3 Å². The Morgan fingerprint density at radius 2 is 1.58 bits per heavy atom. The number of benzene rings is 3. The predicted octanol–water partition coefficient (Wildman–Crippen LogP) is 3.44. The van der Waals surface area contributed by atoms with Gasteiger partial charge in [-0.15, -0.1) is 0 Å². The molecule has 156 valence electrons. The summed E-state index contributed by atoms with van der Waals surface area (Å²) in [5.74, 6) is 0.227.